The number of hydrogen-bond acceptors (Lipinski definition) is 4. The van der Waals surface area contributed by atoms with Crippen molar-refractivity contribution in [1.29, 1.82) is 0 Å². The van der Waals surface area contributed by atoms with Gasteiger partial charge < -0.3 is 5.11 Å². The van der Waals surface area contributed by atoms with Crippen molar-refractivity contribution in [3.8, 4) is 11.4 Å². The summed E-state index contributed by atoms with van der Waals surface area (Å²) in [5, 5.41) is 18.7. The highest BCUT2D eigenvalue weighted by Gasteiger charge is 2.35. The summed E-state index contributed by atoms with van der Waals surface area (Å²) in [5.41, 5.74) is -1.88. The molecule has 21 heavy (non-hydrogen) atoms. The van der Waals surface area contributed by atoms with Crippen LogP contribution in [0.3, 0.4) is 0 Å². The van der Waals surface area contributed by atoms with E-state index in [0.717, 1.165) is 16.8 Å². The first-order valence-electron chi connectivity index (χ1n) is 5.64. The summed E-state index contributed by atoms with van der Waals surface area (Å²) in [6.45, 7) is -0.187. The van der Waals surface area contributed by atoms with Crippen LogP contribution in [-0.2, 0) is 17.5 Å². The number of nitrogens with zero attached hydrogens (tertiary/aromatic N) is 4. The Morgan fingerprint density at radius 1 is 1.33 bits per heavy atom. The second kappa shape index (κ2) is 5.46. The molecule has 0 amide bonds. The molecule has 0 radical (unpaired) electrons. The van der Waals surface area contributed by atoms with Gasteiger partial charge in [-0.1, -0.05) is 6.07 Å². The van der Waals surface area contributed by atoms with Crippen LogP contribution in [0.15, 0.2) is 18.2 Å². The Morgan fingerprint density at radius 3 is 2.67 bits per heavy atom. The molecule has 2 aromatic rings. The minimum atomic E-state index is -4.85. The van der Waals surface area contributed by atoms with Gasteiger partial charge in [0.2, 0.25) is 0 Å². The third-order valence-corrected chi connectivity index (χ3v) is 2.61. The number of alkyl halides is 3. The van der Waals surface area contributed by atoms with E-state index >= 15 is 0 Å². The number of carbonyl (C=O) groups is 1. The van der Waals surface area contributed by atoms with E-state index in [9.17, 15) is 22.4 Å². The minimum Gasteiger partial charge on any atom is -0.481 e. The number of benzene rings is 1. The maximum absolute atomic E-state index is 14.0. The van der Waals surface area contributed by atoms with Crippen LogP contribution in [0.2, 0.25) is 0 Å². The maximum Gasteiger partial charge on any atom is 0.419 e. The van der Waals surface area contributed by atoms with E-state index < -0.39 is 29.1 Å². The van der Waals surface area contributed by atoms with Crippen molar-refractivity contribution in [2.24, 2.45) is 0 Å². The molecule has 1 heterocycles. The number of aromatic nitrogens is 4. The predicted molar refractivity (Wildman–Crippen MR) is 60.5 cm³/mol. The minimum absolute atomic E-state index is 0.187. The number of aliphatic carboxylic acids is 1. The molecule has 0 fully saturated rings. The molecule has 2 rings (SSSR count). The Labute approximate surface area is 115 Å². The van der Waals surface area contributed by atoms with Crippen LogP contribution in [0.5, 0.6) is 0 Å². The maximum atomic E-state index is 14.0. The molecule has 1 aromatic heterocycles. The number of tetrazole rings is 1. The average Bonchev–Trinajstić information content (AvgIpc) is 2.83. The second-order valence-electron chi connectivity index (χ2n) is 4.03. The van der Waals surface area contributed by atoms with E-state index in [1.165, 1.54) is 0 Å². The van der Waals surface area contributed by atoms with E-state index in [2.05, 4.69) is 15.5 Å². The summed E-state index contributed by atoms with van der Waals surface area (Å²) >= 11 is 0. The zero-order valence-corrected chi connectivity index (χ0v) is 10.3. The van der Waals surface area contributed by atoms with Crippen molar-refractivity contribution in [2.75, 3.05) is 0 Å². The SMILES string of the molecule is O=C(O)CCn1nnnc1-c1cccc(C(F)(F)F)c1F. The van der Waals surface area contributed by atoms with Crippen LogP contribution >= 0.6 is 0 Å². The summed E-state index contributed by atoms with van der Waals surface area (Å²) < 4.78 is 52.8. The lowest BCUT2D eigenvalue weighted by Crippen LogP contribution is -2.11. The van der Waals surface area contributed by atoms with Crippen LogP contribution in [0.4, 0.5) is 17.6 Å². The van der Waals surface area contributed by atoms with Gasteiger partial charge in [-0.25, -0.2) is 9.07 Å². The molecule has 0 aliphatic carbocycles. The van der Waals surface area contributed by atoms with Gasteiger partial charge >= 0.3 is 12.1 Å². The number of hydrogen-bond donors (Lipinski definition) is 1. The van der Waals surface area contributed by atoms with Crippen LogP contribution in [0.25, 0.3) is 11.4 Å². The van der Waals surface area contributed by atoms with Gasteiger partial charge in [-0.2, -0.15) is 13.2 Å². The van der Waals surface area contributed by atoms with Crippen molar-refractivity contribution >= 4 is 5.97 Å². The fraction of sp³-hybridized carbons (Fsp3) is 0.273. The fourth-order valence-electron chi connectivity index (χ4n) is 1.67. The van der Waals surface area contributed by atoms with Crippen molar-refractivity contribution in [3.63, 3.8) is 0 Å². The van der Waals surface area contributed by atoms with Gasteiger partial charge in [0.15, 0.2) is 5.82 Å². The normalized spacial score (nSPS) is 11.6. The van der Waals surface area contributed by atoms with Crippen LogP contribution < -0.4 is 0 Å². The number of rotatable bonds is 4. The summed E-state index contributed by atoms with van der Waals surface area (Å²) in [6, 6.07) is 2.72. The molecule has 10 heteroatoms. The number of aryl methyl sites for hydroxylation is 1. The Balaban J connectivity index is 2.44. The average molecular weight is 304 g/mol. The van der Waals surface area contributed by atoms with Gasteiger partial charge in [-0.15, -0.1) is 5.10 Å². The smallest absolute Gasteiger partial charge is 0.419 e. The zero-order valence-electron chi connectivity index (χ0n) is 10.3. The van der Waals surface area contributed by atoms with Gasteiger partial charge in [0.25, 0.3) is 0 Å². The topological polar surface area (TPSA) is 80.9 Å². The fourth-order valence-corrected chi connectivity index (χ4v) is 1.67. The lowest BCUT2D eigenvalue weighted by atomic mass is 10.1. The number of carboxylic acids is 1. The monoisotopic (exact) mass is 304 g/mol. The largest absolute Gasteiger partial charge is 0.481 e. The third kappa shape index (κ3) is 3.15. The van der Waals surface area contributed by atoms with Crippen molar-refractivity contribution < 1.29 is 27.5 Å². The Kier molecular flexibility index (Phi) is 3.87. The van der Waals surface area contributed by atoms with E-state index in [-0.39, 0.29) is 18.8 Å². The van der Waals surface area contributed by atoms with Gasteiger partial charge in [0.05, 0.1) is 24.1 Å². The molecular weight excluding hydrogens is 296 g/mol. The van der Waals surface area contributed by atoms with Gasteiger partial charge in [0, 0.05) is 0 Å². The first-order chi connectivity index (χ1) is 9.80. The quantitative estimate of drug-likeness (QED) is 0.873. The molecule has 0 unspecified atom stereocenters. The summed E-state index contributed by atoms with van der Waals surface area (Å²) in [4.78, 5) is 10.5. The summed E-state index contributed by atoms with van der Waals surface area (Å²) in [6.07, 6.45) is -5.20. The highest BCUT2D eigenvalue weighted by molar-refractivity contribution is 5.66. The predicted octanol–water partition coefficient (Wildman–Crippen LogP) is 1.97. The van der Waals surface area contributed by atoms with Crippen LogP contribution in [0.1, 0.15) is 12.0 Å². The lowest BCUT2D eigenvalue weighted by Gasteiger charge is -2.10. The molecule has 6 nitrogen and oxygen atoms in total. The van der Waals surface area contributed by atoms with Crippen molar-refractivity contribution in [3.05, 3.63) is 29.6 Å². The zero-order chi connectivity index (χ0) is 15.6. The number of carboxylic acid groups (broad SMARTS) is 1. The van der Waals surface area contributed by atoms with Gasteiger partial charge in [0.1, 0.15) is 5.82 Å². The Hall–Kier alpha value is -2.52. The highest BCUT2D eigenvalue weighted by Crippen LogP contribution is 2.34. The van der Waals surface area contributed by atoms with E-state index in [0.29, 0.717) is 6.07 Å². The molecule has 1 aromatic carbocycles. The molecule has 0 atom stereocenters. The molecule has 0 aliphatic heterocycles. The van der Waals surface area contributed by atoms with E-state index in [1.807, 2.05) is 0 Å². The standard InChI is InChI=1S/C11H8F4N4O2/c12-9-6(2-1-3-7(9)11(13,14)15)10-16-17-18-19(10)5-4-8(20)21/h1-3H,4-5H2,(H,20,21). The highest BCUT2D eigenvalue weighted by atomic mass is 19.4. The first kappa shape index (κ1) is 14.9. The third-order valence-electron chi connectivity index (χ3n) is 2.61. The second-order valence-corrected chi connectivity index (χ2v) is 4.03. The summed E-state index contributed by atoms with van der Waals surface area (Å²) in [7, 11) is 0. The van der Waals surface area contributed by atoms with E-state index in [4.69, 9.17) is 5.11 Å². The molecule has 0 saturated carbocycles. The molecule has 0 aliphatic rings. The van der Waals surface area contributed by atoms with E-state index in [1.54, 1.807) is 0 Å². The van der Waals surface area contributed by atoms with Crippen molar-refractivity contribution in [1.82, 2.24) is 20.2 Å². The number of halogens is 4. The lowest BCUT2D eigenvalue weighted by molar-refractivity contribution is -0.140. The molecular formula is C11H8F4N4O2. The molecule has 1 N–H and O–H groups in total. The van der Waals surface area contributed by atoms with Gasteiger partial charge in [-0.05, 0) is 22.6 Å². The van der Waals surface area contributed by atoms with Gasteiger partial charge in [-0.3, -0.25) is 4.79 Å². The van der Waals surface area contributed by atoms with Crippen molar-refractivity contribution in [2.45, 2.75) is 19.1 Å². The van der Waals surface area contributed by atoms with Crippen LogP contribution in [0, 0.1) is 5.82 Å². The Morgan fingerprint density at radius 2 is 2.05 bits per heavy atom. The molecule has 0 spiro atoms. The first-order valence-corrected chi connectivity index (χ1v) is 5.64. The molecule has 0 saturated heterocycles. The Bertz CT molecular complexity index is 668. The molecule has 0 bridgehead atoms. The van der Waals surface area contributed by atoms with Crippen LogP contribution in [-0.4, -0.2) is 31.3 Å². The summed E-state index contributed by atoms with van der Waals surface area (Å²) in [5.74, 6) is -2.91. The molecule has 112 valence electrons.